The Balaban J connectivity index is 1.84. The van der Waals surface area contributed by atoms with Crippen molar-refractivity contribution in [1.29, 1.82) is 0 Å². The number of rotatable bonds is 5. The van der Waals surface area contributed by atoms with E-state index in [0.29, 0.717) is 6.42 Å². The third-order valence-electron chi connectivity index (χ3n) is 5.07. The van der Waals surface area contributed by atoms with Gasteiger partial charge in [-0.3, -0.25) is 9.89 Å². The minimum Gasteiger partial charge on any atom is -0.346 e. The van der Waals surface area contributed by atoms with Crippen molar-refractivity contribution < 1.29 is 4.79 Å². The smallest absolute Gasteiger partial charge is 0.220 e. The van der Waals surface area contributed by atoms with Crippen LogP contribution in [0.25, 0.3) is 5.65 Å². The lowest BCUT2D eigenvalue weighted by Gasteiger charge is -2.32. The van der Waals surface area contributed by atoms with E-state index in [1.165, 1.54) is 37.8 Å². The number of hydrogen-bond donors (Lipinski definition) is 2. The molecule has 0 aliphatic heterocycles. The van der Waals surface area contributed by atoms with Gasteiger partial charge in [-0.15, -0.1) is 10.2 Å². The first-order valence-corrected chi connectivity index (χ1v) is 8.77. The molecule has 1 amide bonds. The van der Waals surface area contributed by atoms with Crippen LogP contribution in [0.1, 0.15) is 83.3 Å². The summed E-state index contributed by atoms with van der Waals surface area (Å²) in [6.07, 6.45) is 7.71. The summed E-state index contributed by atoms with van der Waals surface area (Å²) in [7, 11) is 0. The lowest BCUT2D eigenvalue weighted by atomic mass is 9.73. The molecule has 1 atom stereocenters. The highest BCUT2D eigenvalue weighted by Gasteiger charge is 2.31. The van der Waals surface area contributed by atoms with Crippen LogP contribution in [0, 0.1) is 0 Å². The average Bonchev–Trinajstić information content (AvgIpc) is 3.08. The second kappa shape index (κ2) is 6.34. The fraction of sp³-hybridized carbons (Fsp3) is 0.706. The summed E-state index contributed by atoms with van der Waals surface area (Å²) < 4.78 is 1.92. The molecule has 1 aliphatic rings. The number of hydrogen-bond acceptors (Lipinski definition) is 3. The van der Waals surface area contributed by atoms with Crippen LogP contribution in [0.5, 0.6) is 0 Å². The van der Waals surface area contributed by atoms with Crippen LogP contribution in [0.4, 0.5) is 0 Å². The number of H-pyrrole nitrogens is 1. The molecule has 126 valence electrons. The van der Waals surface area contributed by atoms with E-state index in [2.05, 4.69) is 33.6 Å². The van der Waals surface area contributed by atoms with Gasteiger partial charge in [0, 0.05) is 23.6 Å². The first-order valence-electron chi connectivity index (χ1n) is 8.77. The Hall–Kier alpha value is -1.85. The lowest BCUT2D eigenvalue weighted by molar-refractivity contribution is -0.121. The summed E-state index contributed by atoms with van der Waals surface area (Å²) in [6, 6.07) is 1.96. The monoisotopic (exact) mass is 317 g/mol. The standard InChI is InChI=1S/C17H27N5O/c1-4-8-15(23)18-12(2)16-20-19-14-11-13(21-22(14)16)17(3)9-6-5-7-10-17/h11-12,21H,4-10H2,1-3H3,(H,18,23). The zero-order valence-corrected chi connectivity index (χ0v) is 14.4. The number of carbonyl (C=O) groups is 1. The van der Waals surface area contributed by atoms with Crippen molar-refractivity contribution in [3.05, 3.63) is 17.6 Å². The SMILES string of the molecule is CCCC(=O)NC(C)c1nnc2cc(C3(C)CCCCC3)[nH]n12. The first-order chi connectivity index (χ1) is 11.0. The van der Waals surface area contributed by atoms with E-state index in [9.17, 15) is 4.79 Å². The normalized spacial score (nSPS) is 18.9. The third kappa shape index (κ3) is 3.12. The van der Waals surface area contributed by atoms with E-state index in [-0.39, 0.29) is 17.4 Å². The molecule has 0 bridgehead atoms. The fourth-order valence-electron chi connectivity index (χ4n) is 3.60. The molecular formula is C17H27N5O. The number of aromatic amines is 1. The molecule has 2 aromatic rings. The van der Waals surface area contributed by atoms with Gasteiger partial charge in [-0.05, 0) is 26.2 Å². The van der Waals surface area contributed by atoms with Crippen LogP contribution in [0.3, 0.4) is 0 Å². The predicted octanol–water partition coefficient (Wildman–Crippen LogP) is 3.26. The van der Waals surface area contributed by atoms with Crippen molar-refractivity contribution >= 4 is 11.6 Å². The van der Waals surface area contributed by atoms with Crippen molar-refractivity contribution in [1.82, 2.24) is 25.1 Å². The Bertz CT molecular complexity index is 680. The number of nitrogens with zero attached hydrogens (tertiary/aromatic N) is 3. The Labute approximate surface area is 137 Å². The molecule has 0 saturated heterocycles. The number of nitrogens with one attached hydrogen (secondary N) is 2. The van der Waals surface area contributed by atoms with Gasteiger partial charge in [-0.2, -0.15) is 0 Å². The van der Waals surface area contributed by atoms with Gasteiger partial charge in [0.15, 0.2) is 11.5 Å². The van der Waals surface area contributed by atoms with Crippen LogP contribution < -0.4 is 5.32 Å². The molecule has 1 aliphatic carbocycles. The minimum atomic E-state index is -0.158. The van der Waals surface area contributed by atoms with Crippen molar-refractivity contribution in [2.45, 2.75) is 77.2 Å². The molecule has 2 N–H and O–H groups in total. The van der Waals surface area contributed by atoms with E-state index >= 15 is 0 Å². The van der Waals surface area contributed by atoms with Crippen LogP contribution in [-0.4, -0.2) is 25.7 Å². The van der Waals surface area contributed by atoms with Gasteiger partial charge < -0.3 is 5.32 Å². The summed E-state index contributed by atoms with van der Waals surface area (Å²) in [5.74, 6) is 0.817. The topological polar surface area (TPSA) is 75.1 Å². The van der Waals surface area contributed by atoms with E-state index in [1.54, 1.807) is 0 Å². The summed E-state index contributed by atoms with van der Waals surface area (Å²) in [5, 5.41) is 15.0. The molecule has 6 heteroatoms. The van der Waals surface area contributed by atoms with Gasteiger partial charge in [-0.1, -0.05) is 33.1 Å². The van der Waals surface area contributed by atoms with E-state index in [4.69, 9.17) is 0 Å². The zero-order valence-electron chi connectivity index (χ0n) is 14.4. The Morgan fingerprint density at radius 1 is 1.39 bits per heavy atom. The number of amides is 1. The highest BCUT2D eigenvalue weighted by atomic mass is 16.1. The highest BCUT2D eigenvalue weighted by Crippen LogP contribution is 2.38. The Morgan fingerprint density at radius 3 is 2.83 bits per heavy atom. The van der Waals surface area contributed by atoms with Crippen LogP contribution >= 0.6 is 0 Å². The van der Waals surface area contributed by atoms with Gasteiger partial charge in [0.1, 0.15) is 0 Å². The molecule has 23 heavy (non-hydrogen) atoms. The molecule has 2 aromatic heterocycles. The third-order valence-corrected chi connectivity index (χ3v) is 5.07. The zero-order chi connectivity index (χ0) is 16.4. The van der Waals surface area contributed by atoms with E-state index in [0.717, 1.165) is 17.9 Å². The van der Waals surface area contributed by atoms with Crippen LogP contribution in [-0.2, 0) is 10.2 Å². The largest absolute Gasteiger partial charge is 0.346 e. The Kier molecular flexibility index (Phi) is 4.41. The van der Waals surface area contributed by atoms with Crippen molar-refractivity contribution in [2.75, 3.05) is 0 Å². The fourth-order valence-corrected chi connectivity index (χ4v) is 3.60. The summed E-state index contributed by atoms with van der Waals surface area (Å²) in [4.78, 5) is 11.8. The van der Waals surface area contributed by atoms with Crippen molar-refractivity contribution in [3.8, 4) is 0 Å². The predicted molar refractivity (Wildman–Crippen MR) is 89.2 cm³/mol. The number of aromatic nitrogens is 4. The minimum absolute atomic E-state index is 0.0581. The van der Waals surface area contributed by atoms with E-state index < -0.39 is 0 Å². The summed E-state index contributed by atoms with van der Waals surface area (Å²) in [6.45, 7) is 6.28. The summed E-state index contributed by atoms with van der Waals surface area (Å²) >= 11 is 0. The number of fused-ring (bicyclic) bond motifs is 1. The Morgan fingerprint density at radius 2 is 2.13 bits per heavy atom. The summed E-state index contributed by atoms with van der Waals surface area (Å²) in [5.41, 5.74) is 2.26. The van der Waals surface area contributed by atoms with Gasteiger partial charge in [-0.25, -0.2) is 4.52 Å². The molecule has 6 nitrogen and oxygen atoms in total. The molecule has 0 radical (unpaired) electrons. The molecule has 1 saturated carbocycles. The van der Waals surface area contributed by atoms with Crippen LogP contribution in [0.15, 0.2) is 6.07 Å². The molecule has 1 unspecified atom stereocenters. The quantitative estimate of drug-likeness (QED) is 0.889. The average molecular weight is 317 g/mol. The van der Waals surface area contributed by atoms with Crippen molar-refractivity contribution in [3.63, 3.8) is 0 Å². The second-order valence-electron chi connectivity index (χ2n) is 7.08. The molecule has 2 heterocycles. The molecule has 3 rings (SSSR count). The van der Waals surface area contributed by atoms with Crippen molar-refractivity contribution in [2.24, 2.45) is 0 Å². The molecule has 1 fully saturated rings. The second-order valence-corrected chi connectivity index (χ2v) is 7.08. The maximum Gasteiger partial charge on any atom is 0.220 e. The molecule has 0 aromatic carbocycles. The maximum atomic E-state index is 11.8. The first kappa shape index (κ1) is 16.0. The highest BCUT2D eigenvalue weighted by molar-refractivity contribution is 5.76. The maximum absolute atomic E-state index is 11.8. The van der Waals surface area contributed by atoms with Gasteiger partial charge in [0.05, 0.1) is 6.04 Å². The number of carbonyl (C=O) groups excluding carboxylic acids is 1. The van der Waals surface area contributed by atoms with Gasteiger partial charge in [0.2, 0.25) is 5.91 Å². The van der Waals surface area contributed by atoms with Crippen LogP contribution in [0.2, 0.25) is 0 Å². The molecular weight excluding hydrogens is 290 g/mol. The van der Waals surface area contributed by atoms with Gasteiger partial charge >= 0.3 is 0 Å². The van der Waals surface area contributed by atoms with Gasteiger partial charge in [0.25, 0.3) is 0 Å². The molecule has 0 spiro atoms. The van der Waals surface area contributed by atoms with E-state index in [1.807, 2.05) is 18.4 Å². The lowest BCUT2D eigenvalue weighted by Crippen LogP contribution is -2.28.